The van der Waals surface area contributed by atoms with Gasteiger partial charge in [0.1, 0.15) is 0 Å². The Kier molecular flexibility index (Phi) is 2.53. The van der Waals surface area contributed by atoms with Crippen molar-refractivity contribution in [3.63, 3.8) is 0 Å². The van der Waals surface area contributed by atoms with Crippen LogP contribution in [0.5, 0.6) is 0 Å². The first-order valence-corrected chi connectivity index (χ1v) is 5.93. The third-order valence-corrected chi connectivity index (χ3v) is 3.81. The molecule has 0 aliphatic carbocycles. The van der Waals surface area contributed by atoms with Crippen LogP contribution in [0.4, 0.5) is 0 Å². The molecule has 3 heteroatoms. The van der Waals surface area contributed by atoms with Gasteiger partial charge in [-0.15, -0.1) is 0 Å². The van der Waals surface area contributed by atoms with E-state index < -0.39 is 0 Å². The topological polar surface area (TPSA) is 32.3 Å². The molecule has 2 saturated heterocycles. The maximum atomic E-state index is 11.3. The summed E-state index contributed by atoms with van der Waals surface area (Å²) in [4.78, 5) is 13.9. The van der Waals surface area contributed by atoms with Crippen molar-refractivity contribution >= 4 is 5.91 Å². The molecule has 0 bridgehead atoms. The third-order valence-electron chi connectivity index (χ3n) is 3.81. The number of hydrogen-bond acceptors (Lipinski definition) is 2. The van der Waals surface area contributed by atoms with Crippen LogP contribution < -0.4 is 5.32 Å². The third kappa shape index (κ3) is 2.17. The largest absolute Gasteiger partial charge is 0.355 e. The van der Waals surface area contributed by atoms with Crippen molar-refractivity contribution in [3.05, 3.63) is 0 Å². The van der Waals surface area contributed by atoms with Crippen molar-refractivity contribution < 1.29 is 4.79 Å². The van der Waals surface area contributed by atoms with Crippen molar-refractivity contribution in [1.82, 2.24) is 10.2 Å². The van der Waals surface area contributed by atoms with Gasteiger partial charge < -0.3 is 5.32 Å². The molecule has 86 valence electrons. The number of hydrogen-bond donors (Lipinski definition) is 1. The summed E-state index contributed by atoms with van der Waals surface area (Å²) in [6.45, 7) is 9.93. The molecule has 2 aliphatic heterocycles. The van der Waals surface area contributed by atoms with Crippen molar-refractivity contribution in [2.24, 2.45) is 5.41 Å². The fourth-order valence-electron chi connectivity index (χ4n) is 2.82. The molecule has 2 rings (SSSR count). The Balaban J connectivity index is 2.07. The monoisotopic (exact) mass is 210 g/mol. The molecular formula is C12H22N2O. The van der Waals surface area contributed by atoms with Crippen molar-refractivity contribution in [3.8, 4) is 0 Å². The molecule has 0 aromatic rings. The summed E-state index contributed by atoms with van der Waals surface area (Å²) >= 11 is 0. The predicted octanol–water partition coefficient (Wildman–Crippen LogP) is 1.39. The van der Waals surface area contributed by atoms with Crippen molar-refractivity contribution in [1.29, 1.82) is 0 Å². The van der Waals surface area contributed by atoms with E-state index in [1.807, 2.05) is 0 Å². The first-order valence-electron chi connectivity index (χ1n) is 5.93. The lowest BCUT2D eigenvalue weighted by atomic mass is 9.78. The summed E-state index contributed by atoms with van der Waals surface area (Å²) in [6.07, 6.45) is 3.17. The van der Waals surface area contributed by atoms with Crippen LogP contribution in [-0.2, 0) is 4.79 Å². The zero-order valence-corrected chi connectivity index (χ0v) is 10.1. The summed E-state index contributed by atoms with van der Waals surface area (Å²) in [5.41, 5.74) is 0.474. The van der Waals surface area contributed by atoms with Crippen molar-refractivity contribution in [2.45, 2.75) is 45.6 Å². The lowest BCUT2D eigenvalue weighted by Crippen LogP contribution is -2.52. The molecule has 0 aromatic heterocycles. The maximum absolute atomic E-state index is 11.3. The molecule has 1 amide bonds. The van der Waals surface area contributed by atoms with E-state index in [1.165, 1.54) is 19.4 Å². The number of amides is 1. The van der Waals surface area contributed by atoms with Gasteiger partial charge in [-0.1, -0.05) is 0 Å². The lowest BCUT2D eigenvalue weighted by Gasteiger charge is -2.45. The summed E-state index contributed by atoms with van der Waals surface area (Å²) in [6, 6.07) is 0. The number of nitrogens with zero attached hydrogens (tertiary/aromatic N) is 1. The van der Waals surface area contributed by atoms with E-state index in [-0.39, 0.29) is 16.9 Å². The molecule has 0 unspecified atom stereocenters. The summed E-state index contributed by atoms with van der Waals surface area (Å²) in [5.74, 6) is 0.241. The minimum atomic E-state index is 0.235. The van der Waals surface area contributed by atoms with E-state index in [0.29, 0.717) is 0 Å². The average Bonchev–Trinajstić information content (AvgIpc) is 2.46. The Hall–Kier alpha value is -0.570. The van der Waals surface area contributed by atoms with Crippen LogP contribution in [0.15, 0.2) is 0 Å². The molecule has 0 radical (unpaired) electrons. The van der Waals surface area contributed by atoms with Crippen LogP contribution in [0.3, 0.4) is 0 Å². The average molecular weight is 210 g/mol. The van der Waals surface area contributed by atoms with E-state index in [1.54, 1.807) is 0 Å². The Morgan fingerprint density at radius 3 is 2.67 bits per heavy atom. The van der Waals surface area contributed by atoms with Gasteiger partial charge in [0.15, 0.2) is 0 Å². The molecule has 15 heavy (non-hydrogen) atoms. The number of carbonyl (C=O) groups excluding carboxylic acids is 1. The molecule has 2 aliphatic rings. The van der Waals surface area contributed by atoms with Crippen LogP contribution in [0.1, 0.15) is 40.0 Å². The summed E-state index contributed by atoms with van der Waals surface area (Å²) in [7, 11) is 0. The van der Waals surface area contributed by atoms with Gasteiger partial charge in [0.2, 0.25) is 5.91 Å². The van der Waals surface area contributed by atoms with Crippen LogP contribution in [0.25, 0.3) is 0 Å². The lowest BCUT2D eigenvalue weighted by molar-refractivity contribution is -0.120. The van der Waals surface area contributed by atoms with E-state index in [2.05, 4.69) is 31.0 Å². The highest BCUT2D eigenvalue weighted by Gasteiger charge is 2.43. The second kappa shape index (κ2) is 3.48. The normalized spacial score (nSPS) is 33.4. The van der Waals surface area contributed by atoms with Gasteiger partial charge in [-0.05, 0) is 40.2 Å². The zero-order valence-electron chi connectivity index (χ0n) is 10.1. The summed E-state index contributed by atoms with van der Waals surface area (Å²) in [5, 5.41) is 2.99. The SMILES string of the molecule is CC(C)(C)N1CCC[C@]2(CNC(=O)C2)C1. The number of rotatable bonds is 0. The standard InChI is InChI=1S/C12H22N2O/c1-11(2,3)14-6-4-5-12(9-14)7-10(15)13-8-12/h4-9H2,1-3H3,(H,13,15)/t12-/m0/s1. The van der Waals surface area contributed by atoms with Crippen LogP contribution in [0.2, 0.25) is 0 Å². The minimum absolute atomic E-state index is 0.235. The zero-order chi connectivity index (χ0) is 11.1. The maximum Gasteiger partial charge on any atom is 0.220 e. The van der Waals surface area contributed by atoms with Crippen LogP contribution in [0, 0.1) is 5.41 Å². The molecular weight excluding hydrogens is 188 g/mol. The molecule has 1 spiro atoms. The van der Waals surface area contributed by atoms with E-state index >= 15 is 0 Å². The van der Waals surface area contributed by atoms with Gasteiger partial charge in [-0.2, -0.15) is 0 Å². The fraction of sp³-hybridized carbons (Fsp3) is 0.917. The Bertz CT molecular complexity index is 269. The second-order valence-corrected chi connectivity index (χ2v) is 6.15. The van der Waals surface area contributed by atoms with Gasteiger partial charge in [-0.25, -0.2) is 0 Å². The van der Waals surface area contributed by atoms with Gasteiger partial charge in [-0.3, -0.25) is 9.69 Å². The minimum Gasteiger partial charge on any atom is -0.355 e. The summed E-state index contributed by atoms with van der Waals surface area (Å²) < 4.78 is 0. The quantitative estimate of drug-likeness (QED) is 0.655. The van der Waals surface area contributed by atoms with Crippen molar-refractivity contribution in [2.75, 3.05) is 19.6 Å². The predicted molar refractivity (Wildman–Crippen MR) is 60.6 cm³/mol. The molecule has 0 aromatic carbocycles. The number of likely N-dealkylation sites (tertiary alicyclic amines) is 1. The van der Waals surface area contributed by atoms with E-state index in [9.17, 15) is 4.79 Å². The highest BCUT2D eigenvalue weighted by Crippen LogP contribution is 2.38. The Morgan fingerprint density at radius 1 is 1.40 bits per heavy atom. The highest BCUT2D eigenvalue weighted by atomic mass is 16.1. The second-order valence-electron chi connectivity index (χ2n) is 6.15. The van der Waals surface area contributed by atoms with E-state index in [0.717, 1.165) is 19.5 Å². The smallest absolute Gasteiger partial charge is 0.220 e. The number of nitrogens with one attached hydrogen (secondary N) is 1. The Labute approximate surface area is 92.2 Å². The Morgan fingerprint density at radius 2 is 2.13 bits per heavy atom. The number of carbonyl (C=O) groups is 1. The fourth-order valence-corrected chi connectivity index (χ4v) is 2.82. The number of piperidine rings is 1. The molecule has 2 fully saturated rings. The van der Waals surface area contributed by atoms with E-state index in [4.69, 9.17) is 0 Å². The molecule has 0 saturated carbocycles. The highest BCUT2D eigenvalue weighted by molar-refractivity contribution is 5.79. The molecule has 1 atom stereocenters. The molecule has 1 N–H and O–H groups in total. The van der Waals surface area contributed by atoms with Gasteiger partial charge in [0.25, 0.3) is 0 Å². The first kappa shape index (κ1) is 10.9. The van der Waals surface area contributed by atoms with Crippen LogP contribution >= 0.6 is 0 Å². The van der Waals surface area contributed by atoms with Gasteiger partial charge >= 0.3 is 0 Å². The van der Waals surface area contributed by atoms with Gasteiger partial charge in [0, 0.05) is 30.5 Å². The van der Waals surface area contributed by atoms with Gasteiger partial charge in [0.05, 0.1) is 0 Å². The molecule has 2 heterocycles. The molecule has 3 nitrogen and oxygen atoms in total. The van der Waals surface area contributed by atoms with Crippen LogP contribution in [-0.4, -0.2) is 36.0 Å². The first-order chi connectivity index (χ1) is 6.91.